The molecule has 1 saturated heterocycles. The molecule has 0 bridgehead atoms. The quantitative estimate of drug-likeness (QED) is 0.605. The smallest absolute Gasteiger partial charge is 0.208 e. The van der Waals surface area contributed by atoms with Gasteiger partial charge in [0.1, 0.15) is 23.0 Å². The number of fused-ring (bicyclic) bond motifs is 3. The van der Waals surface area contributed by atoms with Gasteiger partial charge >= 0.3 is 0 Å². The molecule has 116 valence electrons. The molecule has 4 aromatic heterocycles. The Balaban J connectivity index is 1.58. The second-order valence-electron chi connectivity index (χ2n) is 5.76. The predicted molar refractivity (Wildman–Crippen MR) is 86.7 cm³/mol. The summed E-state index contributed by atoms with van der Waals surface area (Å²) in [7, 11) is 0. The largest absolute Gasteiger partial charge is 0.346 e. The third-order valence-electron chi connectivity index (χ3n) is 4.42. The number of aromatic nitrogens is 7. The zero-order valence-electron chi connectivity index (χ0n) is 12.3. The van der Waals surface area contributed by atoms with Crippen molar-refractivity contribution in [2.45, 2.75) is 18.8 Å². The van der Waals surface area contributed by atoms with Crippen molar-refractivity contribution in [1.82, 2.24) is 35.0 Å². The Morgan fingerprint density at radius 3 is 3.22 bits per heavy atom. The lowest BCUT2D eigenvalue weighted by Crippen LogP contribution is -2.34. The van der Waals surface area contributed by atoms with Crippen LogP contribution in [0, 0.1) is 0 Å². The Hall–Kier alpha value is -2.55. The van der Waals surface area contributed by atoms with E-state index in [0.717, 1.165) is 53.3 Å². The molecule has 0 saturated carbocycles. The van der Waals surface area contributed by atoms with Gasteiger partial charge in [0, 0.05) is 30.6 Å². The van der Waals surface area contributed by atoms with Crippen LogP contribution in [0.15, 0.2) is 24.1 Å². The molecule has 1 atom stereocenters. The molecular formula is C14H14N8S. The molecule has 0 spiro atoms. The number of hydrogen-bond donors (Lipinski definition) is 1. The summed E-state index contributed by atoms with van der Waals surface area (Å²) in [5.74, 6) is 0.339. The van der Waals surface area contributed by atoms with Gasteiger partial charge in [0.25, 0.3) is 0 Å². The second-order valence-corrected chi connectivity index (χ2v) is 6.57. The number of piperidine rings is 1. The molecule has 9 heteroatoms. The second kappa shape index (κ2) is 4.98. The van der Waals surface area contributed by atoms with Crippen molar-refractivity contribution >= 4 is 33.0 Å². The van der Waals surface area contributed by atoms with Crippen LogP contribution in [-0.2, 0) is 0 Å². The van der Waals surface area contributed by atoms with E-state index in [0.29, 0.717) is 5.92 Å². The van der Waals surface area contributed by atoms with Gasteiger partial charge in [-0.3, -0.25) is 0 Å². The zero-order valence-corrected chi connectivity index (χ0v) is 13.1. The van der Waals surface area contributed by atoms with E-state index in [2.05, 4.69) is 35.4 Å². The molecule has 0 radical (unpaired) electrons. The maximum Gasteiger partial charge on any atom is 0.208 e. The SMILES string of the molecule is c1cc2c(ncn3nnc(C4CCCN(c5nncs5)C4)c23)[nH]1. The van der Waals surface area contributed by atoms with E-state index in [-0.39, 0.29) is 0 Å². The van der Waals surface area contributed by atoms with Crippen molar-refractivity contribution in [1.29, 1.82) is 0 Å². The summed E-state index contributed by atoms with van der Waals surface area (Å²) in [4.78, 5) is 9.82. The van der Waals surface area contributed by atoms with Gasteiger partial charge in [-0.05, 0) is 18.9 Å². The van der Waals surface area contributed by atoms with Gasteiger partial charge in [-0.15, -0.1) is 15.3 Å². The van der Waals surface area contributed by atoms with Crippen LogP contribution in [0.3, 0.4) is 0 Å². The molecule has 1 fully saturated rings. The Morgan fingerprint density at radius 1 is 1.30 bits per heavy atom. The lowest BCUT2D eigenvalue weighted by Gasteiger charge is -2.31. The maximum absolute atomic E-state index is 4.46. The summed E-state index contributed by atoms with van der Waals surface area (Å²) in [6, 6.07) is 2.04. The lowest BCUT2D eigenvalue weighted by molar-refractivity contribution is 0.501. The van der Waals surface area contributed by atoms with Gasteiger partial charge in [-0.25, -0.2) is 9.50 Å². The fourth-order valence-corrected chi connectivity index (χ4v) is 3.97. The van der Waals surface area contributed by atoms with E-state index in [1.165, 1.54) is 0 Å². The van der Waals surface area contributed by atoms with Crippen LogP contribution in [0.1, 0.15) is 24.5 Å². The molecule has 1 aliphatic heterocycles. The lowest BCUT2D eigenvalue weighted by atomic mass is 9.94. The number of anilines is 1. The summed E-state index contributed by atoms with van der Waals surface area (Å²) in [6.45, 7) is 1.92. The van der Waals surface area contributed by atoms with E-state index >= 15 is 0 Å². The van der Waals surface area contributed by atoms with Crippen LogP contribution in [0.4, 0.5) is 5.13 Å². The maximum atomic E-state index is 4.46. The van der Waals surface area contributed by atoms with E-state index in [1.807, 2.05) is 12.3 Å². The molecule has 23 heavy (non-hydrogen) atoms. The van der Waals surface area contributed by atoms with Crippen molar-refractivity contribution in [3.05, 3.63) is 29.8 Å². The van der Waals surface area contributed by atoms with Crippen molar-refractivity contribution in [2.75, 3.05) is 18.0 Å². The van der Waals surface area contributed by atoms with E-state index in [4.69, 9.17) is 0 Å². The Labute approximate surface area is 135 Å². The van der Waals surface area contributed by atoms with E-state index in [1.54, 1.807) is 27.7 Å². The topological polar surface area (TPSA) is 87.9 Å². The number of hydrogen-bond acceptors (Lipinski definition) is 7. The third-order valence-corrected chi connectivity index (χ3v) is 5.17. The molecular weight excluding hydrogens is 312 g/mol. The molecule has 1 N–H and O–H groups in total. The molecule has 0 aliphatic carbocycles. The summed E-state index contributed by atoms with van der Waals surface area (Å²) in [6.07, 6.45) is 5.85. The van der Waals surface area contributed by atoms with Gasteiger partial charge in [-0.1, -0.05) is 16.6 Å². The number of aromatic amines is 1. The van der Waals surface area contributed by atoms with Crippen LogP contribution in [-0.4, -0.2) is 48.1 Å². The van der Waals surface area contributed by atoms with E-state index in [9.17, 15) is 0 Å². The van der Waals surface area contributed by atoms with Crippen LogP contribution in [0.25, 0.3) is 16.6 Å². The van der Waals surface area contributed by atoms with E-state index < -0.39 is 0 Å². The van der Waals surface area contributed by atoms with Crippen LogP contribution >= 0.6 is 11.3 Å². The normalized spacial score (nSPS) is 19.0. The molecule has 0 amide bonds. The highest BCUT2D eigenvalue weighted by Gasteiger charge is 2.27. The first-order chi connectivity index (χ1) is 11.4. The minimum absolute atomic E-state index is 0.339. The zero-order chi connectivity index (χ0) is 15.2. The highest BCUT2D eigenvalue weighted by molar-refractivity contribution is 7.13. The van der Waals surface area contributed by atoms with Crippen LogP contribution in [0.2, 0.25) is 0 Å². The van der Waals surface area contributed by atoms with Gasteiger partial charge in [-0.2, -0.15) is 0 Å². The Bertz CT molecular complexity index is 956. The summed E-state index contributed by atoms with van der Waals surface area (Å²) < 4.78 is 1.77. The van der Waals surface area contributed by atoms with Gasteiger partial charge in [0.15, 0.2) is 0 Å². The average molecular weight is 326 g/mol. The molecule has 8 nitrogen and oxygen atoms in total. The highest BCUT2D eigenvalue weighted by atomic mass is 32.1. The minimum atomic E-state index is 0.339. The van der Waals surface area contributed by atoms with Crippen molar-refractivity contribution in [3.63, 3.8) is 0 Å². The highest BCUT2D eigenvalue weighted by Crippen LogP contribution is 2.33. The van der Waals surface area contributed by atoms with Crippen molar-refractivity contribution < 1.29 is 0 Å². The van der Waals surface area contributed by atoms with Gasteiger partial charge in [0.2, 0.25) is 5.13 Å². The molecule has 4 aromatic rings. The third kappa shape index (κ3) is 2.00. The van der Waals surface area contributed by atoms with Crippen molar-refractivity contribution in [2.24, 2.45) is 0 Å². The summed E-state index contributed by atoms with van der Waals surface area (Å²) in [5, 5.41) is 18.9. The fraction of sp³-hybridized carbons (Fsp3) is 0.357. The number of nitrogens with one attached hydrogen (secondary N) is 1. The fourth-order valence-electron chi connectivity index (χ4n) is 3.37. The van der Waals surface area contributed by atoms with Crippen molar-refractivity contribution in [3.8, 4) is 0 Å². The first-order valence-electron chi connectivity index (χ1n) is 7.58. The summed E-state index contributed by atoms with van der Waals surface area (Å²) >= 11 is 1.58. The standard InChI is InChI=1S/C14H14N8S/c1-2-9(6-21(5-1)14-19-17-8-23-14)11-12-10-3-4-15-13(10)16-7-22(12)20-18-11/h3-4,7-9,15H,1-2,5-6H2. The molecule has 5 rings (SSSR count). The molecule has 1 unspecified atom stereocenters. The van der Waals surface area contributed by atoms with Gasteiger partial charge < -0.3 is 9.88 Å². The van der Waals surface area contributed by atoms with Crippen LogP contribution < -0.4 is 4.90 Å². The molecule has 1 aliphatic rings. The number of H-pyrrole nitrogens is 1. The minimum Gasteiger partial charge on any atom is -0.346 e. The average Bonchev–Trinajstić information content (AvgIpc) is 3.33. The summed E-state index contributed by atoms with van der Waals surface area (Å²) in [5.41, 5.74) is 4.76. The Kier molecular flexibility index (Phi) is 2.80. The number of rotatable bonds is 2. The number of nitrogens with zero attached hydrogens (tertiary/aromatic N) is 7. The predicted octanol–water partition coefficient (Wildman–Crippen LogP) is 1.84. The first-order valence-corrected chi connectivity index (χ1v) is 8.46. The molecule has 5 heterocycles. The molecule has 0 aromatic carbocycles. The van der Waals surface area contributed by atoms with Crippen LogP contribution in [0.5, 0.6) is 0 Å². The first kappa shape index (κ1) is 12.9. The Morgan fingerprint density at radius 2 is 2.30 bits per heavy atom. The monoisotopic (exact) mass is 326 g/mol. The van der Waals surface area contributed by atoms with Gasteiger partial charge in [0.05, 0.1) is 5.69 Å².